The van der Waals surface area contributed by atoms with E-state index in [4.69, 9.17) is 5.73 Å². The Labute approximate surface area is 109 Å². The maximum Gasteiger partial charge on any atom is 0.306 e. The van der Waals surface area contributed by atoms with Crippen molar-refractivity contribution in [1.82, 2.24) is 0 Å². The maximum absolute atomic E-state index is 13.1. The second-order valence-corrected chi connectivity index (χ2v) is 4.16. The Morgan fingerprint density at radius 2 is 2.26 bits per heavy atom. The number of amides is 1. The lowest BCUT2D eigenvalue weighted by Gasteiger charge is -2.11. The number of benzene rings is 1. The Bertz CT molecular complexity index is 479. The van der Waals surface area contributed by atoms with Gasteiger partial charge >= 0.3 is 5.69 Å². The van der Waals surface area contributed by atoms with E-state index in [1.54, 1.807) is 0 Å². The van der Waals surface area contributed by atoms with Crippen molar-refractivity contribution in [1.29, 1.82) is 0 Å². The summed E-state index contributed by atoms with van der Waals surface area (Å²) in [6.45, 7) is 1.98. The third-order valence-corrected chi connectivity index (χ3v) is 2.62. The van der Waals surface area contributed by atoms with Crippen LogP contribution in [0.3, 0.4) is 0 Å². The van der Waals surface area contributed by atoms with E-state index in [0.717, 1.165) is 25.0 Å². The highest BCUT2D eigenvalue weighted by Crippen LogP contribution is 2.21. The fraction of sp³-hybridized carbons (Fsp3) is 0.417. The molecule has 1 amide bonds. The van der Waals surface area contributed by atoms with E-state index in [2.05, 4.69) is 5.32 Å². The molecule has 0 aromatic heterocycles. The minimum atomic E-state index is -0.946. The molecule has 0 unspecified atom stereocenters. The molecule has 1 atom stereocenters. The number of rotatable bonds is 6. The topological polar surface area (TPSA) is 98.3 Å². The lowest BCUT2D eigenvalue weighted by molar-refractivity contribution is -0.387. The van der Waals surface area contributed by atoms with Crippen LogP contribution >= 0.6 is 0 Å². The molecule has 0 saturated heterocycles. The number of carbonyl (C=O) groups excluding carboxylic acids is 1. The second kappa shape index (κ2) is 6.79. The number of nitrogens with one attached hydrogen (secondary N) is 1. The highest BCUT2D eigenvalue weighted by atomic mass is 19.1. The molecule has 3 N–H and O–H groups in total. The van der Waals surface area contributed by atoms with Crippen molar-refractivity contribution < 1.29 is 14.1 Å². The van der Waals surface area contributed by atoms with Gasteiger partial charge in [0.25, 0.3) is 0 Å². The van der Waals surface area contributed by atoms with Crippen molar-refractivity contribution in [3.05, 3.63) is 34.1 Å². The highest BCUT2D eigenvalue weighted by Gasteiger charge is 2.17. The van der Waals surface area contributed by atoms with Crippen LogP contribution in [0.1, 0.15) is 26.2 Å². The molecule has 1 aromatic carbocycles. The van der Waals surface area contributed by atoms with Gasteiger partial charge in [-0.3, -0.25) is 14.9 Å². The Kier molecular flexibility index (Phi) is 5.37. The Morgan fingerprint density at radius 1 is 1.58 bits per heavy atom. The molecule has 1 rings (SSSR count). The van der Waals surface area contributed by atoms with Gasteiger partial charge in [-0.05, 0) is 18.6 Å². The number of unbranched alkanes of at least 4 members (excludes halogenated alkanes) is 1. The van der Waals surface area contributed by atoms with Gasteiger partial charge in [-0.15, -0.1) is 0 Å². The fourth-order valence-corrected chi connectivity index (χ4v) is 1.52. The van der Waals surface area contributed by atoms with Crippen LogP contribution in [-0.2, 0) is 4.79 Å². The molecule has 0 fully saturated rings. The van der Waals surface area contributed by atoms with Gasteiger partial charge in [0.1, 0.15) is 0 Å². The average Bonchev–Trinajstić information content (AvgIpc) is 2.37. The van der Waals surface area contributed by atoms with Gasteiger partial charge in [-0.1, -0.05) is 19.8 Å². The van der Waals surface area contributed by atoms with Crippen molar-refractivity contribution in [2.24, 2.45) is 5.73 Å². The summed E-state index contributed by atoms with van der Waals surface area (Å²) in [6, 6.07) is 2.49. The molecule has 0 radical (unpaired) electrons. The second-order valence-electron chi connectivity index (χ2n) is 4.16. The summed E-state index contributed by atoms with van der Waals surface area (Å²) < 4.78 is 13.1. The smallest absolute Gasteiger partial charge is 0.306 e. The zero-order valence-electron chi connectivity index (χ0n) is 10.6. The van der Waals surface area contributed by atoms with Gasteiger partial charge in [0.2, 0.25) is 11.7 Å². The van der Waals surface area contributed by atoms with Gasteiger partial charge in [0, 0.05) is 11.8 Å². The summed E-state index contributed by atoms with van der Waals surface area (Å²) in [7, 11) is 0. The predicted octanol–water partition coefficient (Wildman–Crippen LogP) is 2.19. The van der Waals surface area contributed by atoms with Crippen LogP contribution in [0.25, 0.3) is 0 Å². The Morgan fingerprint density at radius 3 is 2.84 bits per heavy atom. The van der Waals surface area contributed by atoms with E-state index in [9.17, 15) is 19.3 Å². The van der Waals surface area contributed by atoms with Gasteiger partial charge < -0.3 is 11.1 Å². The standard InChI is InChI=1S/C12H16FN3O3/c1-2-3-4-10(14)12(17)15-8-5-6-9(13)11(7-8)16(18)19/h5-7,10H,2-4,14H2,1H3,(H,15,17)/t10-/m0/s1. The highest BCUT2D eigenvalue weighted by molar-refractivity contribution is 5.94. The first-order chi connectivity index (χ1) is 8.95. The summed E-state index contributed by atoms with van der Waals surface area (Å²) in [5.74, 6) is -1.38. The number of nitro groups is 1. The molecule has 0 saturated carbocycles. The van der Waals surface area contributed by atoms with E-state index in [1.165, 1.54) is 6.07 Å². The molecule has 0 spiro atoms. The number of carbonyl (C=O) groups is 1. The lowest BCUT2D eigenvalue weighted by atomic mass is 10.1. The fourth-order valence-electron chi connectivity index (χ4n) is 1.52. The molecule has 6 nitrogen and oxygen atoms in total. The zero-order chi connectivity index (χ0) is 14.4. The van der Waals surface area contributed by atoms with Crippen molar-refractivity contribution in [3.8, 4) is 0 Å². The van der Waals surface area contributed by atoms with E-state index in [1.807, 2.05) is 6.92 Å². The lowest BCUT2D eigenvalue weighted by Crippen LogP contribution is -2.35. The summed E-state index contributed by atoms with van der Waals surface area (Å²) in [5, 5.41) is 13.0. The quantitative estimate of drug-likeness (QED) is 0.610. The molecule has 0 heterocycles. The van der Waals surface area contributed by atoms with E-state index < -0.39 is 28.4 Å². The first kappa shape index (κ1) is 15.0. The van der Waals surface area contributed by atoms with Gasteiger partial charge in [0.05, 0.1) is 11.0 Å². The number of nitro benzene ring substituents is 1. The van der Waals surface area contributed by atoms with Crippen LogP contribution in [-0.4, -0.2) is 16.9 Å². The predicted molar refractivity (Wildman–Crippen MR) is 69.2 cm³/mol. The maximum atomic E-state index is 13.1. The number of nitrogens with two attached hydrogens (primary N) is 1. The van der Waals surface area contributed by atoms with Crippen LogP contribution in [0.15, 0.2) is 18.2 Å². The van der Waals surface area contributed by atoms with E-state index in [0.29, 0.717) is 6.42 Å². The third-order valence-electron chi connectivity index (χ3n) is 2.62. The minimum absolute atomic E-state index is 0.157. The summed E-state index contributed by atoms with van der Waals surface area (Å²) in [6.07, 6.45) is 2.27. The average molecular weight is 269 g/mol. The molecular weight excluding hydrogens is 253 g/mol. The summed E-state index contributed by atoms with van der Waals surface area (Å²) in [4.78, 5) is 21.4. The van der Waals surface area contributed by atoms with Crippen LogP contribution < -0.4 is 11.1 Å². The van der Waals surface area contributed by atoms with Crippen LogP contribution in [0.4, 0.5) is 15.8 Å². The zero-order valence-corrected chi connectivity index (χ0v) is 10.6. The Balaban J connectivity index is 2.74. The number of hydrogen-bond acceptors (Lipinski definition) is 4. The minimum Gasteiger partial charge on any atom is -0.324 e. The van der Waals surface area contributed by atoms with Crippen molar-refractivity contribution in [2.75, 3.05) is 5.32 Å². The monoisotopic (exact) mass is 269 g/mol. The molecule has 19 heavy (non-hydrogen) atoms. The summed E-state index contributed by atoms with van der Waals surface area (Å²) in [5.41, 5.74) is 5.14. The largest absolute Gasteiger partial charge is 0.324 e. The van der Waals surface area contributed by atoms with Crippen molar-refractivity contribution in [2.45, 2.75) is 32.2 Å². The number of halogens is 1. The Hall–Kier alpha value is -2.02. The van der Waals surface area contributed by atoms with Gasteiger partial charge in [-0.25, -0.2) is 0 Å². The molecule has 104 valence electrons. The molecule has 0 aliphatic carbocycles. The first-order valence-electron chi connectivity index (χ1n) is 5.96. The van der Waals surface area contributed by atoms with Gasteiger partial charge in [-0.2, -0.15) is 4.39 Å². The number of nitrogens with zero attached hydrogens (tertiary/aromatic N) is 1. The van der Waals surface area contributed by atoms with Crippen molar-refractivity contribution in [3.63, 3.8) is 0 Å². The van der Waals surface area contributed by atoms with Gasteiger partial charge in [0.15, 0.2) is 0 Å². The SMILES string of the molecule is CCCC[C@H](N)C(=O)Nc1ccc(F)c([N+](=O)[O-])c1. The van der Waals surface area contributed by atoms with Crippen LogP contribution in [0.5, 0.6) is 0 Å². The van der Waals surface area contributed by atoms with E-state index >= 15 is 0 Å². The third kappa shape index (κ3) is 4.29. The molecular formula is C12H16FN3O3. The first-order valence-corrected chi connectivity index (χ1v) is 5.96. The van der Waals surface area contributed by atoms with Crippen molar-refractivity contribution >= 4 is 17.3 Å². The molecule has 1 aromatic rings. The van der Waals surface area contributed by atoms with Crippen LogP contribution in [0.2, 0.25) is 0 Å². The number of anilines is 1. The molecule has 0 bridgehead atoms. The van der Waals surface area contributed by atoms with E-state index in [-0.39, 0.29) is 5.69 Å². The molecule has 7 heteroatoms. The van der Waals surface area contributed by atoms with Crippen LogP contribution in [0, 0.1) is 15.9 Å². The normalized spacial score (nSPS) is 11.9. The molecule has 0 aliphatic heterocycles. The molecule has 0 aliphatic rings. The number of hydrogen-bond donors (Lipinski definition) is 2. The summed E-state index contributed by atoms with van der Waals surface area (Å²) >= 11 is 0.